The van der Waals surface area contributed by atoms with Gasteiger partial charge < -0.3 is 13.8 Å². The number of aryl methyl sites for hydroxylation is 4. The number of hydrogen-bond donors (Lipinski definition) is 0. The van der Waals surface area contributed by atoms with Gasteiger partial charge in [-0.1, -0.05) is 10.3 Å². The van der Waals surface area contributed by atoms with Gasteiger partial charge in [-0.05, 0) is 40.5 Å². The van der Waals surface area contributed by atoms with E-state index < -0.39 is 0 Å². The average molecular weight is 319 g/mol. The highest BCUT2D eigenvalue weighted by Crippen LogP contribution is 2.25. The van der Waals surface area contributed by atoms with Gasteiger partial charge in [-0.3, -0.25) is 4.90 Å². The van der Waals surface area contributed by atoms with E-state index in [9.17, 15) is 0 Å². The Morgan fingerprint density at radius 2 is 1.35 bits per heavy atom. The number of aromatic nitrogens is 2. The van der Waals surface area contributed by atoms with E-state index in [0.29, 0.717) is 6.04 Å². The Morgan fingerprint density at radius 3 is 1.74 bits per heavy atom. The molecular formula is C17H25N3O3. The normalized spacial score (nSPS) is 16.4. The van der Waals surface area contributed by atoms with Crippen molar-refractivity contribution in [2.45, 2.75) is 59.7 Å². The first-order valence-corrected chi connectivity index (χ1v) is 8.21. The lowest BCUT2D eigenvalue weighted by Gasteiger charge is -2.34. The zero-order valence-electron chi connectivity index (χ0n) is 14.4. The molecule has 2 aromatic heterocycles. The van der Waals surface area contributed by atoms with Crippen LogP contribution in [-0.2, 0) is 17.8 Å². The molecule has 1 fully saturated rings. The summed E-state index contributed by atoms with van der Waals surface area (Å²) in [6.07, 6.45) is 2.10. The third-order valence-electron chi connectivity index (χ3n) is 4.79. The van der Waals surface area contributed by atoms with Gasteiger partial charge in [0.15, 0.2) is 0 Å². The molecule has 1 aliphatic heterocycles. The van der Waals surface area contributed by atoms with Crippen molar-refractivity contribution in [3.63, 3.8) is 0 Å². The summed E-state index contributed by atoms with van der Waals surface area (Å²) in [5.74, 6) is 1.80. The molecule has 23 heavy (non-hydrogen) atoms. The van der Waals surface area contributed by atoms with Crippen LogP contribution in [0, 0.1) is 27.7 Å². The largest absolute Gasteiger partial charge is 0.381 e. The third kappa shape index (κ3) is 3.48. The summed E-state index contributed by atoms with van der Waals surface area (Å²) in [5, 5.41) is 8.18. The van der Waals surface area contributed by atoms with Crippen LogP contribution < -0.4 is 0 Å². The molecule has 6 nitrogen and oxygen atoms in total. The maximum Gasteiger partial charge on any atom is 0.138 e. The number of hydrogen-bond acceptors (Lipinski definition) is 6. The van der Waals surface area contributed by atoms with Crippen LogP contribution in [0.2, 0.25) is 0 Å². The minimum Gasteiger partial charge on any atom is -0.381 e. The number of nitrogens with zero attached hydrogens (tertiary/aromatic N) is 3. The van der Waals surface area contributed by atoms with Crippen molar-refractivity contribution >= 4 is 0 Å². The Balaban J connectivity index is 1.84. The van der Waals surface area contributed by atoms with Crippen LogP contribution in [-0.4, -0.2) is 34.5 Å². The molecule has 3 rings (SSSR count). The van der Waals surface area contributed by atoms with Crippen molar-refractivity contribution < 1.29 is 13.8 Å². The van der Waals surface area contributed by atoms with E-state index in [1.165, 1.54) is 11.1 Å². The summed E-state index contributed by atoms with van der Waals surface area (Å²) >= 11 is 0. The highest BCUT2D eigenvalue weighted by atomic mass is 16.5. The molecule has 1 saturated heterocycles. The first-order valence-electron chi connectivity index (χ1n) is 8.21. The van der Waals surface area contributed by atoms with Crippen LogP contribution in [0.4, 0.5) is 0 Å². The van der Waals surface area contributed by atoms with E-state index in [1.54, 1.807) is 0 Å². The quantitative estimate of drug-likeness (QED) is 0.844. The molecule has 0 unspecified atom stereocenters. The lowest BCUT2D eigenvalue weighted by molar-refractivity contribution is 0.0273. The summed E-state index contributed by atoms with van der Waals surface area (Å²) in [7, 11) is 0. The van der Waals surface area contributed by atoms with Gasteiger partial charge in [0.25, 0.3) is 0 Å². The van der Waals surface area contributed by atoms with Gasteiger partial charge in [-0.25, -0.2) is 0 Å². The fourth-order valence-electron chi connectivity index (χ4n) is 3.23. The molecule has 0 amide bonds. The predicted octanol–water partition coefficient (Wildman–Crippen LogP) is 3.08. The van der Waals surface area contributed by atoms with Gasteiger partial charge in [0, 0.05) is 43.5 Å². The minimum absolute atomic E-state index is 0.492. The predicted molar refractivity (Wildman–Crippen MR) is 85.0 cm³/mol. The molecule has 0 radical (unpaired) electrons. The monoisotopic (exact) mass is 319 g/mol. The first kappa shape index (κ1) is 16.2. The second-order valence-corrected chi connectivity index (χ2v) is 6.35. The molecule has 2 aromatic rings. The molecule has 0 aliphatic carbocycles. The molecule has 0 bridgehead atoms. The van der Waals surface area contributed by atoms with E-state index in [2.05, 4.69) is 15.2 Å². The minimum atomic E-state index is 0.492. The van der Waals surface area contributed by atoms with Gasteiger partial charge in [0.05, 0.1) is 11.4 Å². The summed E-state index contributed by atoms with van der Waals surface area (Å²) in [4.78, 5) is 2.49. The fourth-order valence-corrected chi connectivity index (χ4v) is 3.23. The van der Waals surface area contributed by atoms with Gasteiger partial charge in [0.2, 0.25) is 0 Å². The summed E-state index contributed by atoms with van der Waals surface area (Å²) < 4.78 is 16.2. The lowest BCUT2D eigenvalue weighted by atomic mass is 10.0. The SMILES string of the molecule is Cc1noc(C)c1CN(Cc1c(C)noc1C)C1CCOCC1. The van der Waals surface area contributed by atoms with Crippen LogP contribution in [0.25, 0.3) is 0 Å². The molecule has 6 heteroatoms. The number of ether oxygens (including phenoxy) is 1. The van der Waals surface area contributed by atoms with Crippen molar-refractivity contribution in [2.24, 2.45) is 0 Å². The first-order chi connectivity index (χ1) is 11.1. The Kier molecular flexibility index (Phi) is 4.82. The highest BCUT2D eigenvalue weighted by Gasteiger charge is 2.26. The Morgan fingerprint density at radius 1 is 0.870 bits per heavy atom. The van der Waals surface area contributed by atoms with Crippen molar-refractivity contribution in [1.82, 2.24) is 15.2 Å². The summed E-state index contributed by atoms with van der Waals surface area (Å²) in [6, 6.07) is 0.492. The van der Waals surface area contributed by atoms with Gasteiger partial charge in [-0.15, -0.1) is 0 Å². The van der Waals surface area contributed by atoms with Gasteiger partial charge in [-0.2, -0.15) is 0 Å². The zero-order chi connectivity index (χ0) is 16.4. The summed E-state index contributed by atoms with van der Waals surface area (Å²) in [5.41, 5.74) is 4.31. The fraction of sp³-hybridized carbons (Fsp3) is 0.647. The zero-order valence-corrected chi connectivity index (χ0v) is 14.4. The van der Waals surface area contributed by atoms with Gasteiger partial charge in [0.1, 0.15) is 11.5 Å². The van der Waals surface area contributed by atoms with E-state index in [1.807, 2.05) is 27.7 Å². The van der Waals surface area contributed by atoms with Crippen molar-refractivity contribution in [3.8, 4) is 0 Å². The average Bonchev–Trinajstić information content (AvgIpc) is 3.04. The molecule has 0 N–H and O–H groups in total. The lowest BCUT2D eigenvalue weighted by Crippen LogP contribution is -2.39. The van der Waals surface area contributed by atoms with Crippen LogP contribution in [0.1, 0.15) is 46.9 Å². The molecule has 0 spiro atoms. The van der Waals surface area contributed by atoms with Crippen LogP contribution >= 0.6 is 0 Å². The molecule has 0 atom stereocenters. The molecule has 126 valence electrons. The highest BCUT2D eigenvalue weighted by molar-refractivity contribution is 5.23. The van der Waals surface area contributed by atoms with Crippen molar-refractivity contribution in [3.05, 3.63) is 34.0 Å². The topological polar surface area (TPSA) is 64.5 Å². The van der Waals surface area contributed by atoms with Crippen LogP contribution in [0.3, 0.4) is 0 Å². The van der Waals surface area contributed by atoms with E-state index in [0.717, 1.165) is 62.1 Å². The van der Waals surface area contributed by atoms with E-state index >= 15 is 0 Å². The molecule has 3 heterocycles. The standard InChI is InChI=1S/C17H25N3O3/c1-11-16(13(3)22-18-11)9-20(15-5-7-21-8-6-15)10-17-12(2)19-23-14(17)4/h15H,5-10H2,1-4H3. The summed E-state index contributed by atoms with van der Waals surface area (Å²) in [6.45, 7) is 11.3. The second kappa shape index (κ2) is 6.84. The van der Waals surface area contributed by atoms with E-state index in [4.69, 9.17) is 13.8 Å². The van der Waals surface area contributed by atoms with E-state index in [-0.39, 0.29) is 0 Å². The molecule has 1 aliphatic rings. The van der Waals surface area contributed by atoms with Crippen LogP contribution in [0.15, 0.2) is 9.05 Å². The molecule has 0 aromatic carbocycles. The van der Waals surface area contributed by atoms with Crippen molar-refractivity contribution in [1.29, 1.82) is 0 Å². The maximum atomic E-state index is 5.53. The Bertz CT molecular complexity index is 569. The second-order valence-electron chi connectivity index (χ2n) is 6.35. The third-order valence-corrected chi connectivity index (χ3v) is 4.79. The van der Waals surface area contributed by atoms with Crippen LogP contribution in [0.5, 0.6) is 0 Å². The maximum absolute atomic E-state index is 5.53. The van der Waals surface area contributed by atoms with Crippen molar-refractivity contribution in [2.75, 3.05) is 13.2 Å². The number of rotatable bonds is 5. The molecular weight excluding hydrogens is 294 g/mol. The van der Waals surface area contributed by atoms with Gasteiger partial charge >= 0.3 is 0 Å². The Hall–Kier alpha value is -1.66. The molecule has 0 saturated carbocycles. The smallest absolute Gasteiger partial charge is 0.138 e. The Labute approximate surface area is 136 Å².